The summed E-state index contributed by atoms with van der Waals surface area (Å²) in [5, 5.41) is 4.37. The fourth-order valence-electron chi connectivity index (χ4n) is 2.05. The van der Waals surface area contributed by atoms with Crippen molar-refractivity contribution in [3.63, 3.8) is 0 Å². The summed E-state index contributed by atoms with van der Waals surface area (Å²) in [7, 11) is 0. The molecule has 3 nitrogen and oxygen atoms in total. The summed E-state index contributed by atoms with van der Waals surface area (Å²) in [4.78, 5) is 17.0. The van der Waals surface area contributed by atoms with Crippen molar-refractivity contribution < 1.29 is 4.79 Å². The zero-order chi connectivity index (χ0) is 14.1. The Kier molecular flexibility index (Phi) is 3.42. The van der Waals surface area contributed by atoms with Gasteiger partial charge in [-0.05, 0) is 30.0 Å². The highest BCUT2D eigenvalue weighted by Gasteiger charge is 2.16. The minimum Gasteiger partial charge on any atom is -0.320 e. The van der Waals surface area contributed by atoms with Crippen LogP contribution in [-0.4, -0.2) is 10.9 Å². The molecule has 0 aliphatic carbocycles. The van der Waals surface area contributed by atoms with Gasteiger partial charge in [-0.15, -0.1) is 11.3 Å². The molecule has 1 N–H and O–H groups in total. The van der Waals surface area contributed by atoms with Gasteiger partial charge in [-0.3, -0.25) is 9.78 Å². The summed E-state index contributed by atoms with van der Waals surface area (Å²) in [6, 6.07) is 9.67. The third-order valence-corrected chi connectivity index (χ3v) is 4.64. The van der Waals surface area contributed by atoms with E-state index in [1.165, 1.54) is 17.5 Å². The predicted octanol–water partition coefficient (Wildman–Crippen LogP) is 4.51. The second-order valence-corrected chi connectivity index (χ2v) is 5.82. The van der Waals surface area contributed by atoms with Gasteiger partial charge in [0, 0.05) is 17.1 Å². The quantitative estimate of drug-likeness (QED) is 0.756. The third-order valence-electron chi connectivity index (χ3n) is 3.07. The number of benzene rings is 1. The van der Waals surface area contributed by atoms with Crippen LogP contribution in [0, 0.1) is 6.92 Å². The van der Waals surface area contributed by atoms with E-state index in [1.54, 1.807) is 12.3 Å². The summed E-state index contributed by atoms with van der Waals surface area (Å²) in [6.07, 6.45) is 3.11. The first-order chi connectivity index (χ1) is 9.66. The molecular formula is C15H11ClN2OS. The lowest BCUT2D eigenvalue weighted by Crippen LogP contribution is -2.11. The topological polar surface area (TPSA) is 42.0 Å². The second-order valence-electron chi connectivity index (χ2n) is 4.36. The van der Waals surface area contributed by atoms with E-state index < -0.39 is 0 Å². The van der Waals surface area contributed by atoms with Gasteiger partial charge in [0.1, 0.15) is 0 Å². The van der Waals surface area contributed by atoms with E-state index in [-0.39, 0.29) is 5.91 Å². The van der Waals surface area contributed by atoms with E-state index in [0.717, 1.165) is 15.6 Å². The van der Waals surface area contributed by atoms with Crippen LogP contribution in [0.25, 0.3) is 10.1 Å². The summed E-state index contributed by atoms with van der Waals surface area (Å²) in [6.45, 7) is 1.96. The molecule has 0 unspecified atom stereocenters. The Hall–Kier alpha value is -1.91. The van der Waals surface area contributed by atoms with E-state index in [9.17, 15) is 4.79 Å². The maximum absolute atomic E-state index is 12.4. The van der Waals surface area contributed by atoms with Crippen molar-refractivity contribution in [1.29, 1.82) is 0 Å². The lowest BCUT2D eigenvalue weighted by molar-refractivity contribution is 0.103. The molecule has 0 aliphatic heterocycles. The summed E-state index contributed by atoms with van der Waals surface area (Å²) < 4.78 is 1.11. The number of hydrogen-bond acceptors (Lipinski definition) is 3. The number of carbonyl (C=O) groups excluding carboxylic acids is 1. The number of fused-ring (bicyclic) bond motifs is 1. The van der Waals surface area contributed by atoms with Crippen LogP contribution in [0.4, 0.5) is 5.69 Å². The van der Waals surface area contributed by atoms with Gasteiger partial charge in [0.25, 0.3) is 5.91 Å². The van der Waals surface area contributed by atoms with Gasteiger partial charge in [0.05, 0.1) is 15.6 Å². The lowest BCUT2D eigenvalue weighted by Gasteiger charge is -2.05. The number of pyridine rings is 1. The molecule has 3 rings (SSSR count). The van der Waals surface area contributed by atoms with Gasteiger partial charge in [0.2, 0.25) is 0 Å². The molecule has 100 valence electrons. The molecule has 2 heterocycles. The van der Waals surface area contributed by atoms with Crippen molar-refractivity contribution in [2.75, 3.05) is 5.32 Å². The van der Waals surface area contributed by atoms with Crippen LogP contribution in [0.1, 0.15) is 15.2 Å². The molecule has 0 saturated heterocycles. The first kappa shape index (κ1) is 13.1. The van der Waals surface area contributed by atoms with Crippen LogP contribution in [0.15, 0.2) is 42.7 Å². The molecule has 0 saturated carbocycles. The molecule has 20 heavy (non-hydrogen) atoms. The fourth-order valence-corrected chi connectivity index (χ4v) is 3.32. The van der Waals surface area contributed by atoms with E-state index in [2.05, 4.69) is 10.3 Å². The Morgan fingerprint density at radius 1 is 1.30 bits per heavy atom. The highest BCUT2D eigenvalue weighted by Crippen LogP contribution is 2.31. The van der Waals surface area contributed by atoms with Crippen molar-refractivity contribution in [1.82, 2.24) is 4.98 Å². The largest absolute Gasteiger partial charge is 0.320 e. The van der Waals surface area contributed by atoms with E-state index in [4.69, 9.17) is 11.6 Å². The third kappa shape index (κ3) is 2.28. The highest BCUT2D eigenvalue weighted by molar-refractivity contribution is 7.21. The van der Waals surface area contributed by atoms with Gasteiger partial charge in [-0.2, -0.15) is 0 Å². The fraction of sp³-hybridized carbons (Fsp3) is 0.0667. The number of carbonyl (C=O) groups is 1. The van der Waals surface area contributed by atoms with Gasteiger partial charge in [0.15, 0.2) is 0 Å². The number of hydrogen-bond donors (Lipinski definition) is 1. The average molecular weight is 303 g/mol. The van der Waals surface area contributed by atoms with Crippen LogP contribution in [0.5, 0.6) is 0 Å². The molecule has 3 aromatic rings. The molecule has 5 heteroatoms. The van der Waals surface area contributed by atoms with Crippen molar-refractivity contribution in [2.24, 2.45) is 0 Å². The van der Waals surface area contributed by atoms with Crippen molar-refractivity contribution in [3.8, 4) is 0 Å². The Morgan fingerprint density at radius 3 is 2.85 bits per heavy atom. The Morgan fingerprint density at radius 2 is 2.10 bits per heavy atom. The number of aromatic nitrogens is 1. The van der Waals surface area contributed by atoms with Crippen molar-refractivity contribution >= 4 is 44.6 Å². The number of nitrogens with one attached hydrogen (secondary N) is 1. The number of aryl methyl sites for hydroxylation is 1. The van der Waals surface area contributed by atoms with Crippen LogP contribution in [0.3, 0.4) is 0 Å². The lowest BCUT2D eigenvalue weighted by atomic mass is 10.1. The Labute approximate surface area is 125 Å². The van der Waals surface area contributed by atoms with Gasteiger partial charge < -0.3 is 5.32 Å². The van der Waals surface area contributed by atoms with Crippen LogP contribution >= 0.6 is 22.9 Å². The predicted molar refractivity (Wildman–Crippen MR) is 83.8 cm³/mol. The maximum Gasteiger partial charge on any atom is 0.266 e. The first-order valence-corrected chi connectivity index (χ1v) is 7.25. The standard InChI is InChI=1S/C15H11ClN2OS/c1-9-10-4-2-3-5-13(10)20-14(9)15(19)18-12-6-7-17-8-11(12)16/h2-8H,1H3,(H,17,18,19). The molecule has 0 aliphatic rings. The van der Waals surface area contributed by atoms with Gasteiger partial charge in [-0.1, -0.05) is 29.8 Å². The second kappa shape index (κ2) is 5.23. The Balaban J connectivity index is 1.97. The SMILES string of the molecule is Cc1c(C(=O)Nc2ccncc2Cl)sc2ccccc12. The normalized spacial score (nSPS) is 10.7. The minimum atomic E-state index is -0.142. The van der Waals surface area contributed by atoms with Gasteiger partial charge in [-0.25, -0.2) is 0 Å². The molecule has 0 atom stereocenters. The first-order valence-electron chi connectivity index (χ1n) is 6.06. The number of amides is 1. The number of nitrogens with zero attached hydrogens (tertiary/aromatic N) is 1. The van der Waals surface area contributed by atoms with Crippen molar-refractivity contribution in [2.45, 2.75) is 6.92 Å². The molecule has 0 bridgehead atoms. The summed E-state index contributed by atoms with van der Waals surface area (Å²) in [5.41, 5.74) is 1.57. The van der Waals surface area contributed by atoms with Gasteiger partial charge >= 0.3 is 0 Å². The maximum atomic E-state index is 12.4. The van der Waals surface area contributed by atoms with Crippen LogP contribution in [-0.2, 0) is 0 Å². The van der Waals surface area contributed by atoms with Crippen LogP contribution < -0.4 is 5.32 Å². The van der Waals surface area contributed by atoms with Crippen molar-refractivity contribution in [3.05, 3.63) is 58.2 Å². The minimum absolute atomic E-state index is 0.142. The zero-order valence-corrected chi connectivity index (χ0v) is 12.3. The molecule has 1 aromatic carbocycles. The van der Waals surface area contributed by atoms with E-state index >= 15 is 0 Å². The molecule has 0 spiro atoms. The van der Waals surface area contributed by atoms with Crippen LogP contribution in [0.2, 0.25) is 5.02 Å². The number of anilines is 1. The summed E-state index contributed by atoms with van der Waals surface area (Å²) >= 11 is 7.49. The average Bonchev–Trinajstić information content (AvgIpc) is 2.79. The molecule has 0 radical (unpaired) electrons. The molecule has 2 aromatic heterocycles. The molecule has 0 fully saturated rings. The monoisotopic (exact) mass is 302 g/mol. The van der Waals surface area contributed by atoms with E-state index in [0.29, 0.717) is 15.6 Å². The number of thiophene rings is 1. The number of rotatable bonds is 2. The highest BCUT2D eigenvalue weighted by atomic mass is 35.5. The van der Waals surface area contributed by atoms with E-state index in [1.807, 2.05) is 31.2 Å². The number of halogens is 1. The summed E-state index contributed by atoms with van der Waals surface area (Å²) in [5.74, 6) is -0.142. The molecular weight excluding hydrogens is 292 g/mol. The smallest absolute Gasteiger partial charge is 0.266 e. The molecule has 1 amide bonds. The zero-order valence-electron chi connectivity index (χ0n) is 10.7. The Bertz CT molecular complexity index is 797.